The van der Waals surface area contributed by atoms with Crippen LogP contribution in [0.25, 0.3) is 6.08 Å². The number of nitrogens with one attached hydrogen (secondary N) is 1. The van der Waals surface area contributed by atoms with Gasteiger partial charge in [0, 0.05) is 23.0 Å². The van der Waals surface area contributed by atoms with Crippen LogP contribution >= 0.6 is 0 Å². The minimum atomic E-state index is -0.382. The molecule has 0 fully saturated rings. The van der Waals surface area contributed by atoms with Crippen molar-refractivity contribution in [3.8, 4) is 6.07 Å². The summed E-state index contributed by atoms with van der Waals surface area (Å²) in [4.78, 5) is 15.3. The molecule has 0 saturated carbocycles. The highest BCUT2D eigenvalue weighted by atomic mass is 16.1. The van der Waals surface area contributed by atoms with Gasteiger partial charge in [-0.05, 0) is 100 Å². The van der Waals surface area contributed by atoms with Gasteiger partial charge in [0.05, 0.1) is 0 Å². The van der Waals surface area contributed by atoms with Gasteiger partial charge in [0.2, 0.25) is 0 Å². The summed E-state index contributed by atoms with van der Waals surface area (Å²) in [5.41, 5.74) is 6.39. The Bertz CT molecular complexity index is 1070. The topological polar surface area (TPSA) is 56.1 Å². The Hall–Kier alpha value is -3.06. The second kappa shape index (κ2) is 8.59. The molecule has 4 nitrogen and oxygen atoms in total. The Balaban J connectivity index is 2.01. The van der Waals surface area contributed by atoms with E-state index >= 15 is 0 Å². The number of nitrogens with zero attached hydrogens (tertiary/aromatic N) is 2. The van der Waals surface area contributed by atoms with Crippen molar-refractivity contribution in [1.82, 2.24) is 0 Å². The van der Waals surface area contributed by atoms with E-state index in [4.69, 9.17) is 0 Å². The third kappa shape index (κ3) is 4.51. The van der Waals surface area contributed by atoms with Crippen molar-refractivity contribution in [3.63, 3.8) is 0 Å². The predicted octanol–water partition coefficient (Wildman–Crippen LogP) is 6.35. The highest BCUT2D eigenvalue weighted by Gasteiger charge is 2.37. The molecular formula is C27H33N3O. The average molecular weight is 416 g/mol. The zero-order valence-corrected chi connectivity index (χ0v) is 19.7. The van der Waals surface area contributed by atoms with Crippen LogP contribution in [0.5, 0.6) is 0 Å². The first kappa shape index (κ1) is 22.6. The van der Waals surface area contributed by atoms with Crippen LogP contribution in [-0.4, -0.2) is 17.5 Å². The monoisotopic (exact) mass is 415 g/mol. The van der Waals surface area contributed by atoms with Gasteiger partial charge < -0.3 is 10.2 Å². The maximum absolute atomic E-state index is 12.8. The number of hydrogen-bond acceptors (Lipinski definition) is 3. The second-order valence-electron chi connectivity index (χ2n) is 9.59. The average Bonchev–Trinajstić information content (AvgIpc) is 2.67. The molecule has 3 rings (SSSR count). The summed E-state index contributed by atoms with van der Waals surface area (Å²) < 4.78 is 0. The number of benzene rings is 2. The lowest BCUT2D eigenvalue weighted by Crippen LogP contribution is -2.51. The first-order chi connectivity index (χ1) is 14.5. The molecule has 1 N–H and O–H groups in total. The first-order valence-electron chi connectivity index (χ1n) is 11.0. The lowest BCUT2D eigenvalue weighted by atomic mass is 9.78. The predicted molar refractivity (Wildman–Crippen MR) is 129 cm³/mol. The smallest absolute Gasteiger partial charge is 0.266 e. The number of aryl methyl sites for hydroxylation is 2. The van der Waals surface area contributed by atoms with E-state index in [9.17, 15) is 10.1 Å². The van der Waals surface area contributed by atoms with E-state index in [0.29, 0.717) is 12.0 Å². The largest absolute Gasteiger partial charge is 0.364 e. The number of carbonyl (C=O) groups is 1. The van der Waals surface area contributed by atoms with E-state index < -0.39 is 0 Å². The quantitative estimate of drug-likeness (QED) is 0.467. The number of anilines is 2. The SMILES string of the molecule is Cc1cc2c(cc1/C=C(/C#N)C(=O)Nc1ccccc1C)[C@@H](C)CC(C)(C)N2C(C)C. The van der Waals surface area contributed by atoms with Crippen molar-refractivity contribution < 1.29 is 4.79 Å². The third-order valence-corrected chi connectivity index (χ3v) is 6.24. The summed E-state index contributed by atoms with van der Waals surface area (Å²) in [6.07, 6.45) is 2.78. The summed E-state index contributed by atoms with van der Waals surface area (Å²) in [6, 6.07) is 14.4. The standard InChI is InChI=1S/C27H33N3O/c1-17(2)30-25-12-19(4)21(14-23(25)20(5)15-27(30,6)7)13-22(16-28)26(31)29-24-11-9-8-10-18(24)3/h8-14,17,20H,15H2,1-7H3,(H,29,31)/b22-13-/t20-/m0/s1. The van der Waals surface area contributed by atoms with Gasteiger partial charge in [0.25, 0.3) is 5.91 Å². The lowest BCUT2D eigenvalue weighted by molar-refractivity contribution is -0.112. The zero-order chi connectivity index (χ0) is 22.9. The molecule has 0 aliphatic carbocycles. The molecule has 2 aromatic rings. The van der Waals surface area contributed by atoms with Gasteiger partial charge in [0.1, 0.15) is 11.6 Å². The molecule has 4 heteroatoms. The molecule has 0 saturated heterocycles. The van der Waals surface area contributed by atoms with Gasteiger partial charge >= 0.3 is 0 Å². The number of amides is 1. The van der Waals surface area contributed by atoms with Gasteiger partial charge in [-0.3, -0.25) is 4.79 Å². The Kier molecular flexibility index (Phi) is 6.27. The molecule has 0 unspecified atom stereocenters. The van der Waals surface area contributed by atoms with Crippen molar-refractivity contribution in [2.75, 3.05) is 10.2 Å². The molecule has 162 valence electrons. The van der Waals surface area contributed by atoms with Crippen LogP contribution in [0.1, 0.15) is 69.2 Å². The molecule has 0 radical (unpaired) electrons. The summed E-state index contributed by atoms with van der Waals surface area (Å²) in [5, 5.41) is 12.5. The van der Waals surface area contributed by atoms with Crippen LogP contribution in [0.2, 0.25) is 0 Å². The molecule has 1 aliphatic rings. The number of rotatable bonds is 4. The first-order valence-corrected chi connectivity index (χ1v) is 11.0. The van der Waals surface area contributed by atoms with Gasteiger partial charge in [-0.1, -0.05) is 25.1 Å². The van der Waals surface area contributed by atoms with Crippen LogP contribution in [-0.2, 0) is 4.79 Å². The van der Waals surface area contributed by atoms with E-state index in [1.54, 1.807) is 6.08 Å². The van der Waals surface area contributed by atoms with Crippen molar-refractivity contribution in [2.45, 2.75) is 72.4 Å². The van der Waals surface area contributed by atoms with Crippen molar-refractivity contribution >= 4 is 23.4 Å². The van der Waals surface area contributed by atoms with Crippen molar-refractivity contribution in [3.05, 3.63) is 64.2 Å². The van der Waals surface area contributed by atoms with Gasteiger partial charge in [-0.15, -0.1) is 0 Å². The molecule has 1 atom stereocenters. The highest BCUT2D eigenvalue weighted by molar-refractivity contribution is 6.10. The van der Waals surface area contributed by atoms with E-state index in [1.165, 1.54) is 11.3 Å². The van der Waals surface area contributed by atoms with E-state index in [2.05, 4.69) is 63.0 Å². The van der Waals surface area contributed by atoms with Gasteiger partial charge in [0.15, 0.2) is 0 Å². The van der Waals surface area contributed by atoms with Crippen LogP contribution in [0.3, 0.4) is 0 Å². The van der Waals surface area contributed by atoms with Crippen LogP contribution < -0.4 is 10.2 Å². The number of hydrogen-bond donors (Lipinski definition) is 1. The van der Waals surface area contributed by atoms with E-state index in [1.807, 2.05) is 38.1 Å². The minimum Gasteiger partial charge on any atom is -0.364 e. The fourth-order valence-electron chi connectivity index (χ4n) is 4.95. The Morgan fingerprint density at radius 3 is 2.52 bits per heavy atom. The summed E-state index contributed by atoms with van der Waals surface area (Å²) in [5.74, 6) is 0.0194. The van der Waals surface area contributed by atoms with E-state index in [-0.39, 0.29) is 17.0 Å². The number of para-hydroxylation sites is 1. The lowest BCUT2D eigenvalue weighted by Gasteiger charge is -2.50. The zero-order valence-electron chi connectivity index (χ0n) is 19.7. The van der Waals surface area contributed by atoms with E-state index in [0.717, 1.165) is 28.8 Å². The minimum absolute atomic E-state index is 0.0790. The molecule has 1 aliphatic heterocycles. The maximum Gasteiger partial charge on any atom is 0.266 e. The normalized spacial score (nSPS) is 17.8. The Morgan fingerprint density at radius 1 is 1.23 bits per heavy atom. The Labute approximate surface area is 186 Å². The van der Waals surface area contributed by atoms with Gasteiger partial charge in [-0.25, -0.2) is 0 Å². The molecule has 31 heavy (non-hydrogen) atoms. The van der Waals surface area contributed by atoms with Crippen molar-refractivity contribution in [2.24, 2.45) is 0 Å². The molecule has 2 aromatic carbocycles. The fourth-order valence-corrected chi connectivity index (χ4v) is 4.95. The summed E-state index contributed by atoms with van der Waals surface area (Å²) in [7, 11) is 0. The van der Waals surface area contributed by atoms with Crippen LogP contribution in [0.15, 0.2) is 42.0 Å². The van der Waals surface area contributed by atoms with Gasteiger partial charge in [-0.2, -0.15) is 5.26 Å². The number of fused-ring (bicyclic) bond motifs is 1. The molecule has 0 spiro atoms. The fraction of sp³-hybridized carbons (Fsp3) is 0.407. The number of carbonyl (C=O) groups excluding carboxylic acids is 1. The summed E-state index contributed by atoms with van der Waals surface area (Å²) in [6.45, 7) is 15.3. The summed E-state index contributed by atoms with van der Waals surface area (Å²) >= 11 is 0. The molecule has 0 bridgehead atoms. The van der Waals surface area contributed by atoms with Crippen LogP contribution in [0, 0.1) is 25.2 Å². The maximum atomic E-state index is 12.8. The third-order valence-electron chi connectivity index (χ3n) is 6.24. The molecule has 1 heterocycles. The molecular weight excluding hydrogens is 382 g/mol. The van der Waals surface area contributed by atoms with Crippen LogP contribution in [0.4, 0.5) is 11.4 Å². The molecule has 1 amide bonds. The molecule has 0 aromatic heterocycles. The highest BCUT2D eigenvalue weighted by Crippen LogP contribution is 2.45. The van der Waals surface area contributed by atoms with Crippen molar-refractivity contribution in [1.29, 1.82) is 5.26 Å². The Morgan fingerprint density at radius 2 is 1.90 bits per heavy atom. The second-order valence-corrected chi connectivity index (χ2v) is 9.59. The number of nitriles is 1.